The molecule has 0 aliphatic carbocycles. The molecule has 1 aromatic heterocycles. The topological polar surface area (TPSA) is 77.6 Å². The van der Waals surface area contributed by atoms with Gasteiger partial charge in [0.15, 0.2) is 11.0 Å². The molecule has 2 N–H and O–H groups in total. The molecule has 0 radical (unpaired) electrons. The molecule has 1 saturated heterocycles. The van der Waals surface area contributed by atoms with E-state index in [1.165, 1.54) is 30.0 Å². The number of halogens is 2. The predicted molar refractivity (Wildman–Crippen MR) is 103 cm³/mol. The van der Waals surface area contributed by atoms with E-state index in [2.05, 4.69) is 9.98 Å². The van der Waals surface area contributed by atoms with Crippen LogP contribution in [0.3, 0.4) is 0 Å². The lowest BCUT2D eigenvalue weighted by Gasteiger charge is -2.35. The van der Waals surface area contributed by atoms with Crippen LogP contribution in [0.25, 0.3) is 0 Å². The second-order valence-electron chi connectivity index (χ2n) is 7.08. The number of Topliss-reactive ketones (excluding diaryl/α,β-unsaturated/α-hetero) is 1. The van der Waals surface area contributed by atoms with Crippen molar-refractivity contribution < 1.29 is 18.3 Å². The van der Waals surface area contributed by atoms with Crippen LogP contribution < -0.4 is 5.73 Å². The van der Waals surface area contributed by atoms with Crippen LogP contribution >= 0.6 is 11.8 Å². The van der Waals surface area contributed by atoms with E-state index < -0.39 is 17.2 Å². The van der Waals surface area contributed by atoms with Gasteiger partial charge in [-0.3, -0.25) is 9.78 Å². The highest BCUT2D eigenvalue weighted by atomic mass is 32.2. The molecule has 1 aromatic carbocycles. The van der Waals surface area contributed by atoms with Crippen LogP contribution in [0.5, 0.6) is 0 Å². The third-order valence-corrected chi connectivity index (χ3v) is 6.25. The van der Waals surface area contributed by atoms with Crippen LogP contribution in [0.15, 0.2) is 41.5 Å². The molecule has 1 fully saturated rings. The van der Waals surface area contributed by atoms with Gasteiger partial charge in [0.2, 0.25) is 0 Å². The lowest BCUT2D eigenvalue weighted by Crippen LogP contribution is -2.41. The molecule has 3 heterocycles. The van der Waals surface area contributed by atoms with E-state index in [1.807, 2.05) is 6.92 Å². The Balaban J connectivity index is 1.68. The largest absolute Gasteiger partial charge is 0.379 e. The highest BCUT2D eigenvalue weighted by Gasteiger charge is 2.52. The summed E-state index contributed by atoms with van der Waals surface area (Å²) in [4.78, 5) is 20.9. The molecular weight excluding hydrogens is 384 g/mol. The molecule has 2 aliphatic rings. The van der Waals surface area contributed by atoms with Crippen molar-refractivity contribution in [3.63, 3.8) is 0 Å². The summed E-state index contributed by atoms with van der Waals surface area (Å²) in [6, 6.07) is 7.10. The number of fused-ring (bicyclic) bond motifs is 1. The van der Waals surface area contributed by atoms with Gasteiger partial charge in [0.25, 0.3) is 0 Å². The SMILES string of the molecule is C[C@H]1OC[C@]2(c3cc(CC(=O)c4ccc(F)cn4)ccc3F)N=C(N)SC[C@H]12. The van der Waals surface area contributed by atoms with Gasteiger partial charge in [0, 0.05) is 23.7 Å². The average molecular weight is 403 g/mol. The van der Waals surface area contributed by atoms with Crippen molar-refractivity contribution in [2.24, 2.45) is 16.6 Å². The van der Waals surface area contributed by atoms with Gasteiger partial charge in [-0.25, -0.2) is 13.8 Å². The van der Waals surface area contributed by atoms with Gasteiger partial charge in [-0.15, -0.1) is 0 Å². The van der Waals surface area contributed by atoms with Gasteiger partial charge in [0.1, 0.15) is 22.9 Å². The van der Waals surface area contributed by atoms with Crippen molar-refractivity contribution in [3.8, 4) is 0 Å². The maximum absolute atomic E-state index is 14.8. The zero-order chi connectivity index (χ0) is 19.9. The first-order valence-corrected chi connectivity index (χ1v) is 9.91. The fraction of sp³-hybridized carbons (Fsp3) is 0.350. The fourth-order valence-electron chi connectivity index (χ4n) is 3.83. The van der Waals surface area contributed by atoms with Crippen molar-refractivity contribution in [2.75, 3.05) is 12.4 Å². The van der Waals surface area contributed by atoms with Gasteiger partial charge < -0.3 is 10.5 Å². The summed E-state index contributed by atoms with van der Waals surface area (Å²) in [7, 11) is 0. The van der Waals surface area contributed by atoms with Gasteiger partial charge in [-0.2, -0.15) is 0 Å². The Kier molecular flexibility index (Phi) is 4.93. The van der Waals surface area contributed by atoms with Crippen molar-refractivity contribution in [2.45, 2.75) is 25.0 Å². The van der Waals surface area contributed by atoms with Gasteiger partial charge in [0.05, 0.1) is 18.9 Å². The Morgan fingerprint density at radius 2 is 2.18 bits per heavy atom. The first-order chi connectivity index (χ1) is 13.4. The standard InChI is InChI=1S/C20H19F2N3O2S/c1-11-15-9-28-19(23)25-20(15,10-27-11)14-6-12(2-4-16(14)22)7-18(26)17-5-3-13(21)8-24-17/h2-6,8,11,15H,7,9-10H2,1H3,(H2,23,25)/t11-,15-,20-/m1/s1. The monoisotopic (exact) mass is 403 g/mol. The number of nitrogens with zero attached hydrogens (tertiary/aromatic N) is 2. The highest BCUT2D eigenvalue weighted by molar-refractivity contribution is 8.13. The molecule has 3 atom stereocenters. The summed E-state index contributed by atoms with van der Waals surface area (Å²) in [6.45, 7) is 2.20. The van der Waals surface area contributed by atoms with Gasteiger partial charge >= 0.3 is 0 Å². The number of hydrogen-bond donors (Lipinski definition) is 1. The van der Waals surface area contributed by atoms with E-state index in [-0.39, 0.29) is 36.5 Å². The number of pyridine rings is 1. The fourth-order valence-corrected chi connectivity index (χ4v) is 4.96. The van der Waals surface area contributed by atoms with Crippen LogP contribution in [0, 0.1) is 17.6 Å². The number of thioether (sulfide) groups is 1. The van der Waals surface area contributed by atoms with Crippen molar-refractivity contribution >= 4 is 22.7 Å². The van der Waals surface area contributed by atoms with Crippen LogP contribution in [0.2, 0.25) is 0 Å². The second kappa shape index (κ2) is 7.25. The summed E-state index contributed by atoms with van der Waals surface area (Å²) >= 11 is 1.44. The summed E-state index contributed by atoms with van der Waals surface area (Å²) in [6.07, 6.45) is 0.954. The van der Waals surface area contributed by atoms with Gasteiger partial charge in [-0.05, 0) is 36.8 Å². The van der Waals surface area contributed by atoms with Gasteiger partial charge in [-0.1, -0.05) is 17.8 Å². The Morgan fingerprint density at radius 3 is 2.93 bits per heavy atom. The summed E-state index contributed by atoms with van der Waals surface area (Å²) in [5, 5.41) is 0.408. The Bertz CT molecular complexity index is 951. The summed E-state index contributed by atoms with van der Waals surface area (Å²) < 4.78 is 33.7. The molecule has 0 bridgehead atoms. The molecule has 2 aromatic rings. The first kappa shape index (κ1) is 19.0. The molecule has 2 aliphatic heterocycles. The Hall–Kier alpha value is -2.32. The van der Waals surface area contributed by atoms with E-state index >= 15 is 0 Å². The van der Waals surface area contributed by atoms with Crippen LogP contribution in [-0.4, -0.2) is 34.4 Å². The Morgan fingerprint density at radius 1 is 1.36 bits per heavy atom. The number of rotatable bonds is 4. The maximum atomic E-state index is 14.8. The Labute approximate surface area is 165 Å². The third-order valence-electron chi connectivity index (χ3n) is 5.34. The first-order valence-electron chi connectivity index (χ1n) is 8.92. The molecule has 0 amide bonds. The number of carbonyl (C=O) groups is 1. The minimum Gasteiger partial charge on any atom is -0.379 e. The zero-order valence-electron chi connectivity index (χ0n) is 15.2. The quantitative estimate of drug-likeness (QED) is 0.794. The van der Waals surface area contributed by atoms with Crippen LogP contribution in [0.1, 0.15) is 28.5 Å². The third kappa shape index (κ3) is 3.31. The van der Waals surface area contributed by atoms with E-state index in [0.29, 0.717) is 22.0 Å². The van der Waals surface area contributed by atoms with Crippen molar-refractivity contribution in [3.05, 3.63) is 65.0 Å². The molecule has 0 saturated carbocycles. The number of aliphatic imine (C=N–C) groups is 1. The molecule has 146 valence electrons. The van der Waals surface area contributed by atoms with Crippen LogP contribution in [-0.2, 0) is 16.7 Å². The molecule has 8 heteroatoms. The predicted octanol–water partition coefficient (Wildman–Crippen LogP) is 3.08. The van der Waals surface area contributed by atoms with E-state index in [1.54, 1.807) is 12.1 Å². The lowest BCUT2D eigenvalue weighted by molar-refractivity contribution is 0.0988. The second-order valence-corrected chi connectivity index (χ2v) is 8.12. The maximum Gasteiger partial charge on any atom is 0.185 e. The molecule has 4 rings (SSSR count). The van der Waals surface area contributed by atoms with E-state index in [4.69, 9.17) is 10.5 Å². The minimum absolute atomic E-state index is 0.0102. The number of aromatic nitrogens is 1. The number of amidine groups is 1. The minimum atomic E-state index is -0.883. The number of benzene rings is 1. The number of carbonyl (C=O) groups excluding carboxylic acids is 1. The average Bonchev–Trinajstić information content (AvgIpc) is 3.00. The molecule has 5 nitrogen and oxygen atoms in total. The van der Waals surface area contributed by atoms with E-state index in [0.717, 1.165) is 6.20 Å². The molecule has 28 heavy (non-hydrogen) atoms. The lowest BCUT2D eigenvalue weighted by atomic mass is 9.78. The number of ketones is 1. The van der Waals surface area contributed by atoms with E-state index in [9.17, 15) is 13.6 Å². The van der Waals surface area contributed by atoms with Crippen molar-refractivity contribution in [1.29, 1.82) is 0 Å². The van der Waals surface area contributed by atoms with Crippen molar-refractivity contribution in [1.82, 2.24) is 4.98 Å². The number of nitrogens with two attached hydrogens (primary N) is 1. The normalized spacial score (nSPS) is 26.6. The summed E-state index contributed by atoms with van der Waals surface area (Å²) in [5.41, 5.74) is 6.26. The molecule has 0 spiro atoms. The highest BCUT2D eigenvalue weighted by Crippen LogP contribution is 2.48. The molecule has 0 unspecified atom stereocenters. The van der Waals surface area contributed by atoms with Crippen LogP contribution in [0.4, 0.5) is 8.78 Å². The molecular formula is C20H19F2N3O2S. The number of hydrogen-bond acceptors (Lipinski definition) is 6. The zero-order valence-corrected chi connectivity index (χ0v) is 16.0. The number of ether oxygens (including phenoxy) is 1. The summed E-state index contributed by atoms with van der Waals surface area (Å²) in [5.74, 6) is -0.499. The smallest absolute Gasteiger partial charge is 0.185 e.